The lowest BCUT2D eigenvalue weighted by Crippen LogP contribution is -2.37. The topological polar surface area (TPSA) is 88.4 Å². The van der Waals surface area contributed by atoms with Gasteiger partial charge in [0.1, 0.15) is 11.5 Å². The van der Waals surface area contributed by atoms with Crippen LogP contribution in [0.25, 0.3) is 0 Å². The van der Waals surface area contributed by atoms with Crippen molar-refractivity contribution in [3.05, 3.63) is 51.1 Å². The Balaban J connectivity index is 1.57. The first kappa shape index (κ1) is 17.0. The van der Waals surface area contributed by atoms with E-state index in [4.69, 9.17) is 9.15 Å². The Morgan fingerprint density at radius 3 is 2.96 bits per heavy atom. The number of carbonyl (C=O) groups excluding carboxylic acids is 1. The fourth-order valence-electron chi connectivity index (χ4n) is 3.60. The first-order valence-electron chi connectivity index (χ1n) is 9.11. The number of pyridine rings is 1. The molecule has 1 N–H and O–H groups in total. The van der Waals surface area contributed by atoms with Crippen LogP contribution in [0.3, 0.4) is 0 Å². The van der Waals surface area contributed by atoms with Crippen molar-refractivity contribution in [1.29, 1.82) is 0 Å². The van der Waals surface area contributed by atoms with Crippen molar-refractivity contribution < 1.29 is 13.9 Å². The first-order valence-corrected chi connectivity index (χ1v) is 9.11. The number of nitrogens with one attached hydrogen (secondary N) is 1. The van der Waals surface area contributed by atoms with Crippen LogP contribution in [0.2, 0.25) is 0 Å². The molecule has 1 unspecified atom stereocenters. The van der Waals surface area contributed by atoms with E-state index >= 15 is 0 Å². The molecule has 7 nitrogen and oxygen atoms in total. The molecule has 0 radical (unpaired) electrons. The van der Waals surface area contributed by atoms with Gasteiger partial charge in [0.25, 0.3) is 5.91 Å². The number of aromatic nitrogens is 2. The van der Waals surface area contributed by atoms with Gasteiger partial charge in [0.15, 0.2) is 5.89 Å². The van der Waals surface area contributed by atoms with Crippen LogP contribution in [-0.2, 0) is 17.7 Å². The Labute approximate surface area is 151 Å². The van der Waals surface area contributed by atoms with Gasteiger partial charge in [0, 0.05) is 31.3 Å². The second-order valence-corrected chi connectivity index (χ2v) is 7.26. The van der Waals surface area contributed by atoms with E-state index in [0.717, 1.165) is 30.4 Å². The highest BCUT2D eigenvalue weighted by Gasteiger charge is 2.30. The van der Waals surface area contributed by atoms with Crippen LogP contribution in [0.1, 0.15) is 65.5 Å². The lowest BCUT2D eigenvalue weighted by molar-refractivity contribution is 0.0725. The van der Waals surface area contributed by atoms with E-state index < -0.39 is 0 Å². The number of hydrogen-bond acceptors (Lipinski definition) is 5. The molecule has 1 fully saturated rings. The average Bonchev–Trinajstić information content (AvgIpc) is 3.29. The Hall–Kier alpha value is -2.41. The fourth-order valence-corrected chi connectivity index (χ4v) is 3.60. The second-order valence-electron chi connectivity index (χ2n) is 7.26. The van der Waals surface area contributed by atoms with Crippen LogP contribution in [-0.4, -0.2) is 40.5 Å². The number of aromatic amines is 1. The van der Waals surface area contributed by atoms with E-state index in [9.17, 15) is 9.59 Å². The molecule has 2 aliphatic rings. The summed E-state index contributed by atoms with van der Waals surface area (Å²) in [5, 5.41) is 0. The predicted molar refractivity (Wildman–Crippen MR) is 94.3 cm³/mol. The van der Waals surface area contributed by atoms with Gasteiger partial charge in [-0.3, -0.25) is 9.59 Å². The molecule has 0 bridgehead atoms. The third kappa shape index (κ3) is 3.07. The van der Waals surface area contributed by atoms with Crippen molar-refractivity contribution in [3.63, 3.8) is 0 Å². The van der Waals surface area contributed by atoms with E-state index in [0.29, 0.717) is 37.4 Å². The van der Waals surface area contributed by atoms with Gasteiger partial charge in [-0.15, -0.1) is 0 Å². The molecule has 2 aliphatic heterocycles. The van der Waals surface area contributed by atoms with Crippen molar-refractivity contribution in [3.8, 4) is 0 Å². The number of rotatable bonds is 3. The summed E-state index contributed by atoms with van der Waals surface area (Å²) in [6, 6.07) is 3.03. The van der Waals surface area contributed by atoms with Gasteiger partial charge >= 0.3 is 0 Å². The van der Waals surface area contributed by atoms with Gasteiger partial charge in [-0.05, 0) is 18.4 Å². The lowest BCUT2D eigenvalue weighted by Gasteiger charge is -2.26. The fraction of sp³-hybridized carbons (Fsp3) is 0.526. The summed E-state index contributed by atoms with van der Waals surface area (Å²) >= 11 is 0. The highest BCUT2D eigenvalue weighted by Crippen LogP contribution is 2.29. The number of amides is 1. The molecule has 26 heavy (non-hydrogen) atoms. The molecule has 0 spiro atoms. The molecule has 2 aromatic heterocycles. The minimum atomic E-state index is -0.189. The zero-order valence-electron chi connectivity index (χ0n) is 15.1. The predicted octanol–water partition coefficient (Wildman–Crippen LogP) is 2.19. The zero-order chi connectivity index (χ0) is 18.3. The summed E-state index contributed by atoms with van der Waals surface area (Å²) in [5.74, 6) is 1.81. The monoisotopic (exact) mass is 357 g/mol. The van der Waals surface area contributed by atoms with Crippen molar-refractivity contribution in [2.24, 2.45) is 0 Å². The zero-order valence-corrected chi connectivity index (χ0v) is 15.1. The van der Waals surface area contributed by atoms with Crippen LogP contribution >= 0.6 is 0 Å². The minimum absolute atomic E-state index is 0.0595. The Morgan fingerprint density at radius 2 is 2.23 bits per heavy atom. The number of ether oxygens (including phenoxy) is 1. The smallest absolute Gasteiger partial charge is 0.256 e. The van der Waals surface area contributed by atoms with E-state index in [1.807, 2.05) is 13.8 Å². The molecule has 1 atom stereocenters. The van der Waals surface area contributed by atoms with Gasteiger partial charge in [-0.25, -0.2) is 4.98 Å². The lowest BCUT2D eigenvalue weighted by atomic mass is 10.0. The molecule has 0 aromatic carbocycles. The van der Waals surface area contributed by atoms with Crippen LogP contribution < -0.4 is 5.56 Å². The van der Waals surface area contributed by atoms with Crippen molar-refractivity contribution in [2.75, 3.05) is 19.8 Å². The number of oxazole rings is 1. The SMILES string of the molecule is CC(C)c1[nH]c(=O)ccc1C(=O)N1CCc2oc(C3CCOC3)nc2C1. The molecule has 1 amide bonds. The minimum Gasteiger partial charge on any atom is -0.445 e. The van der Waals surface area contributed by atoms with E-state index in [1.165, 1.54) is 6.07 Å². The molecule has 1 saturated heterocycles. The number of H-pyrrole nitrogens is 1. The average molecular weight is 357 g/mol. The van der Waals surface area contributed by atoms with Gasteiger partial charge in [-0.2, -0.15) is 0 Å². The van der Waals surface area contributed by atoms with Crippen LogP contribution in [0.4, 0.5) is 0 Å². The highest BCUT2D eigenvalue weighted by atomic mass is 16.5. The highest BCUT2D eigenvalue weighted by molar-refractivity contribution is 5.95. The summed E-state index contributed by atoms with van der Waals surface area (Å²) < 4.78 is 11.3. The molecule has 4 rings (SSSR count). The van der Waals surface area contributed by atoms with Gasteiger partial charge in [-0.1, -0.05) is 13.8 Å². The summed E-state index contributed by atoms with van der Waals surface area (Å²) in [7, 11) is 0. The van der Waals surface area contributed by atoms with Crippen LogP contribution in [0.15, 0.2) is 21.3 Å². The van der Waals surface area contributed by atoms with E-state index in [1.54, 1.807) is 11.0 Å². The Kier molecular flexibility index (Phi) is 4.40. The molecule has 0 saturated carbocycles. The first-order chi connectivity index (χ1) is 12.5. The number of fused-ring (bicyclic) bond motifs is 1. The summed E-state index contributed by atoms with van der Waals surface area (Å²) in [6.45, 7) is 6.33. The Bertz CT molecular complexity index is 877. The number of hydrogen-bond donors (Lipinski definition) is 1. The van der Waals surface area contributed by atoms with E-state index in [2.05, 4.69) is 9.97 Å². The van der Waals surface area contributed by atoms with Crippen molar-refractivity contribution in [2.45, 2.75) is 45.1 Å². The number of carbonyl (C=O) groups is 1. The maximum atomic E-state index is 13.0. The maximum Gasteiger partial charge on any atom is 0.256 e. The molecule has 2 aromatic rings. The largest absolute Gasteiger partial charge is 0.445 e. The van der Waals surface area contributed by atoms with Crippen LogP contribution in [0, 0.1) is 0 Å². The normalized spacial score (nSPS) is 19.8. The van der Waals surface area contributed by atoms with Crippen molar-refractivity contribution in [1.82, 2.24) is 14.9 Å². The van der Waals surface area contributed by atoms with Crippen molar-refractivity contribution >= 4 is 5.91 Å². The standard InChI is InChI=1S/C19H23N3O4/c1-11(2)17-13(3-4-16(23)21-17)19(24)22-7-5-15-14(9-22)20-18(26-15)12-6-8-25-10-12/h3-4,11-12H,5-10H2,1-2H3,(H,21,23). The quantitative estimate of drug-likeness (QED) is 0.910. The third-order valence-corrected chi connectivity index (χ3v) is 5.07. The van der Waals surface area contributed by atoms with Crippen LogP contribution in [0.5, 0.6) is 0 Å². The number of nitrogens with zero attached hydrogens (tertiary/aromatic N) is 2. The molecule has 7 heteroatoms. The third-order valence-electron chi connectivity index (χ3n) is 5.07. The van der Waals surface area contributed by atoms with Gasteiger partial charge < -0.3 is 19.0 Å². The molecule has 0 aliphatic carbocycles. The summed E-state index contributed by atoms with van der Waals surface area (Å²) in [6.07, 6.45) is 1.58. The van der Waals surface area contributed by atoms with Gasteiger partial charge in [0.05, 0.1) is 24.6 Å². The summed E-state index contributed by atoms with van der Waals surface area (Å²) in [4.78, 5) is 33.9. The molecule has 138 valence electrons. The maximum absolute atomic E-state index is 13.0. The van der Waals surface area contributed by atoms with Gasteiger partial charge in [0.2, 0.25) is 5.56 Å². The molecule has 4 heterocycles. The molecular formula is C19H23N3O4. The Morgan fingerprint density at radius 1 is 1.38 bits per heavy atom. The molecular weight excluding hydrogens is 334 g/mol. The second kappa shape index (κ2) is 6.72. The summed E-state index contributed by atoms with van der Waals surface area (Å²) in [5.41, 5.74) is 1.88. The van der Waals surface area contributed by atoms with E-state index in [-0.39, 0.29) is 23.3 Å².